The molecule has 0 bridgehead atoms. The second-order valence-corrected chi connectivity index (χ2v) is 7.18. The minimum absolute atomic E-state index is 0.311. The van der Waals surface area contributed by atoms with Gasteiger partial charge in [-0.3, -0.25) is 0 Å². The number of aromatic nitrogens is 1. The Kier molecular flexibility index (Phi) is 4.75. The van der Waals surface area contributed by atoms with Gasteiger partial charge in [0.05, 0.1) is 12.7 Å². The minimum atomic E-state index is 0.311. The molecule has 0 amide bonds. The normalized spacial score (nSPS) is 26.4. The third-order valence-electron chi connectivity index (χ3n) is 3.71. The van der Waals surface area contributed by atoms with Gasteiger partial charge in [-0.2, -0.15) is 0 Å². The molecule has 1 aromatic rings. The summed E-state index contributed by atoms with van der Waals surface area (Å²) in [5.74, 6) is 0.715. The highest BCUT2D eigenvalue weighted by atomic mass is 35.5. The summed E-state index contributed by atoms with van der Waals surface area (Å²) in [5.41, 5.74) is 1.27. The molecule has 0 spiro atoms. The molecule has 0 saturated heterocycles. The first-order valence-electron chi connectivity index (χ1n) is 6.78. The molecular formula is C15H21Cl2NO. The van der Waals surface area contributed by atoms with Crippen LogP contribution in [0.3, 0.4) is 0 Å². The van der Waals surface area contributed by atoms with Crippen molar-refractivity contribution in [3.8, 4) is 0 Å². The van der Waals surface area contributed by atoms with Crippen LogP contribution < -0.4 is 0 Å². The molecule has 0 aliphatic heterocycles. The van der Waals surface area contributed by atoms with Gasteiger partial charge in [0, 0.05) is 5.56 Å². The van der Waals surface area contributed by atoms with Crippen LogP contribution in [0.4, 0.5) is 0 Å². The van der Waals surface area contributed by atoms with Crippen LogP contribution in [0, 0.1) is 11.3 Å². The van der Waals surface area contributed by atoms with Gasteiger partial charge < -0.3 is 4.74 Å². The average molecular weight is 302 g/mol. The Morgan fingerprint density at radius 1 is 1.32 bits per heavy atom. The number of halogens is 2. The first-order chi connectivity index (χ1) is 8.85. The van der Waals surface area contributed by atoms with Gasteiger partial charge in [0.2, 0.25) is 0 Å². The van der Waals surface area contributed by atoms with Gasteiger partial charge in [-0.15, -0.1) is 0 Å². The number of nitrogens with zero attached hydrogens (tertiary/aromatic N) is 1. The van der Waals surface area contributed by atoms with Gasteiger partial charge in [0.1, 0.15) is 10.3 Å². The van der Waals surface area contributed by atoms with Crippen molar-refractivity contribution >= 4 is 23.2 Å². The molecule has 106 valence electrons. The Labute approximate surface area is 125 Å². The maximum Gasteiger partial charge on any atom is 0.136 e. The van der Waals surface area contributed by atoms with Crippen molar-refractivity contribution in [2.45, 2.75) is 52.7 Å². The monoisotopic (exact) mass is 301 g/mol. The summed E-state index contributed by atoms with van der Waals surface area (Å²) in [5, 5.41) is 0.858. The summed E-state index contributed by atoms with van der Waals surface area (Å²) >= 11 is 11.8. The molecule has 1 fully saturated rings. The predicted octanol–water partition coefficient (Wildman–Crippen LogP) is 5.12. The lowest BCUT2D eigenvalue weighted by molar-refractivity contribution is -0.0316. The molecule has 1 aliphatic carbocycles. The van der Waals surface area contributed by atoms with E-state index in [9.17, 15) is 0 Å². The quantitative estimate of drug-likeness (QED) is 0.723. The Bertz CT molecular complexity index is 448. The fraction of sp³-hybridized carbons (Fsp3) is 0.667. The van der Waals surface area contributed by atoms with Crippen molar-refractivity contribution in [3.05, 3.63) is 28.0 Å². The van der Waals surface area contributed by atoms with Crippen molar-refractivity contribution in [2.24, 2.45) is 11.3 Å². The molecule has 2 rings (SSSR count). The van der Waals surface area contributed by atoms with Gasteiger partial charge in [-0.25, -0.2) is 4.98 Å². The molecule has 1 aromatic heterocycles. The third kappa shape index (κ3) is 4.34. The largest absolute Gasteiger partial charge is 0.373 e. The van der Waals surface area contributed by atoms with Gasteiger partial charge in [0.15, 0.2) is 0 Å². The van der Waals surface area contributed by atoms with Gasteiger partial charge in [0.25, 0.3) is 0 Å². The molecule has 4 heteroatoms. The fourth-order valence-corrected chi connectivity index (χ4v) is 3.54. The van der Waals surface area contributed by atoms with Crippen molar-refractivity contribution in [1.29, 1.82) is 0 Å². The second kappa shape index (κ2) is 5.99. The van der Waals surface area contributed by atoms with E-state index in [2.05, 4.69) is 25.8 Å². The maximum absolute atomic E-state index is 6.06. The molecule has 1 aliphatic rings. The number of rotatable bonds is 3. The van der Waals surface area contributed by atoms with Crippen molar-refractivity contribution < 1.29 is 4.74 Å². The van der Waals surface area contributed by atoms with Crippen LogP contribution in [-0.2, 0) is 11.3 Å². The van der Waals surface area contributed by atoms with E-state index in [0.29, 0.717) is 34.3 Å². The summed E-state index contributed by atoms with van der Waals surface area (Å²) in [6.45, 7) is 7.44. The van der Waals surface area contributed by atoms with E-state index < -0.39 is 0 Å². The molecule has 2 atom stereocenters. The van der Waals surface area contributed by atoms with E-state index in [1.165, 1.54) is 6.42 Å². The highest BCUT2D eigenvalue weighted by molar-refractivity contribution is 6.32. The topological polar surface area (TPSA) is 22.1 Å². The van der Waals surface area contributed by atoms with E-state index in [1.54, 1.807) is 6.07 Å². The molecule has 1 heterocycles. The first-order valence-corrected chi connectivity index (χ1v) is 7.54. The van der Waals surface area contributed by atoms with Crippen LogP contribution in [-0.4, -0.2) is 11.1 Å². The molecule has 2 nitrogen and oxygen atoms in total. The Morgan fingerprint density at radius 2 is 2.05 bits per heavy atom. The Hall–Kier alpha value is -0.310. The van der Waals surface area contributed by atoms with E-state index in [1.807, 2.05) is 6.07 Å². The number of hydrogen-bond acceptors (Lipinski definition) is 2. The number of hydrogen-bond donors (Lipinski definition) is 0. The van der Waals surface area contributed by atoms with Gasteiger partial charge in [-0.05, 0) is 36.7 Å². The molecule has 0 N–H and O–H groups in total. The second-order valence-electron chi connectivity index (χ2n) is 6.43. The lowest BCUT2D eigenvalue weighted by atomic mass is 9.71. The van der Waals surface area contributed by atoms with Crippen LogP contribution in [0.2, 0.25) is 10.3 Å². The van der Waals surface area contributed by atoms with Crippen LogP contribution in [0.5, 0.6) is 0 Å². The SMILES string of the molecule is CC1CC(OCc2ccc(Cl)nc2Cl)CC(C)(C)C1. The number of ether oxygens (including phenoxy) is 1. The summed E-state index contributed by atoms with van der Waals surface area (Å²) in [6, 6.07) is 3.63. The van der Waals surface area contributed by atoms with Gasteiger partial charge >= 0.3 is 0 Å². The molecule has 0 radical (unpaired) electrons. The average Bonchev–Trinajstić information content (AvgIpc) is 2.25. The summed E-state index contributed by atoms with van der Waals surface area (Å²) < 4.78 is 6.03. The van der Waals surface area contributed by atoms with E-state index in [4.69, 9.17) is 27.9 Å². The van der Waals surface area contributed by atoms with Crippen LogP contribution in [0.1, 0.15) is 45.6 Å². The van der Waals surface area contributed by atoms with E-state index >= 15 is 0 Å². The molecule has 1 saturated carbocycles. The smallest absolute Gasteiger partial charge is 0.136 e. The summed E-state index contributed by atoms with van der Waals surface area (Å²) in [7, 11) is 0. The molecule has 2 unspecified atom stereocenters. The minimum Gasteiger partial charge on any atom is -0.373 e. The molecule has 0 aromatic carbocycles. The Balaban J connectivity index is 1.95. The highest BCUT2D eigenvalue weighted by Crippen LogP contribution is 2.40. The molecule has 19 heavy (non-hydrogen) atoms. The lowest BCUT2D eigenvalue weighted by Crippen LogP contribution is -2.32. The van der Waals surface area contributed by atoms with Crippen LogP contribution in [0.25, 0.3) is 0 Å². The van der Waals surface area contributed by atoms with E-state index in [-0.39, 0.29) is 0 Å². The fourth-order valence-electron chi connectivity index (χ4n) is 3.14. The molecular weight excluding hydrogens is 281 g/mol. The van der Waals surface area contributed by atoms with Crippen molar-refractivity contribution in [3.63, 3.8) is 0 Å². The van der Waals surface area contributed by atoms with Crippen molar-refractivity contribution in [2.75, 3.05) is 0 Å². The lowest BCUT2D eigenvalue weighted by Gasteiger charge is -2.38. The van der Waals surface area contributed by atoms with Gasteiger partial charge in [-0.1, -0.05) is 50.0 Å². The third-order valence-corrected chi connectivity index (χ3v) is 4.25. The van der Waals surface area contributed by atoms with Crippen molar-refractivity contribution in [1.82, 2.24) is 4.98 Å². The predicted molar refractivity (Wildman–Crippen MR) is 79.6 cm³/mol. The van der Waals surface area contributed by atoms with Crippen LogP contribution in [0.15, 0.2) is 12.1 Å². The maximum atomic E-state index is 6.06. The highest BCUT2D eigenvalue weighted by Gasteiger charge is 2.32. The first kappa shape index (κ1) is 15.1. The Morgan fingerprint density at radius 3 is 2.68 bits per heavy atom. The zero-order valence-corrected chi connectivity index (χ0v) is 13.3. The zero-order chi connectivity index (χ0) is 14.0. The standard InChI is InChI=1S/C15H21Cl2NO/c1-10-6-12(8-15(2,3)7-10)19-9-11-4-5-13(16)18-14(11)17/h4-5,10,12H,6-9H2,1-3H3. The summed E-state index contributed by atoms with van der Waals surface area (Å²) in [4.78, 5) is 4.03. The summed E-state index contributed by atoms with van der Waals surface area (Å²) in [6.07, 6.45) is 3.82. The number of pyridine rings is 1. The van der Waals surface area contributed by atoms with E-state index in [0.717, 1.165) is 18.4 Å². The van der Waals surface area contributed by atoms with Crippen LogP contribution >= 0.6 is 23.2 Å². The zero-order valence-electron chi connectivity index (χ0n) is 11.7.